The SMILES string of the molecule is Cl.O=C(NCCc1cccc2ccccc12)C1CNCCO1. The van der Waals surface area contributed by atoms with Gasteiger partial charge in [-0.1, -0.05) is 42.5 Å². The van der Waals surface area contributed by atoms with Gasteiger partial charge in [-0.3, -0.25) is 4.79 Å². The average Bonchev–Trinajstić information content (AvgIpc) is 2.56. The zero-order valence-corrected chi connectivity index (χ0v) is 13.2. The van der Waals surface area contributed by atoms with Crippen molar-refractivity contribution in [2.24, 2.45) is 0 Å². The van der Waals surface area contributed by atoms with Crippen molar-refractivity contribution in [3.8, 4) is 0 Å². The molecule has 0 aromatic heterocycles. The van der Waals surface area contributed by atoms with E-state index in [2.05, 4.69) is 41.0 Å². The highest BCUT2D eigenvalue weighted by molar-refractivity contribution is 5.86. The highest BCUT2D eigenvalue weighted by atomic mass is 35.5. The molecule has 3 rings (SSSR count). The fraction of sp³-hybridized carbons (Fsp3) is 0.353. The molecule has 1 aliphatic rings. The number of rotatable bonds is 4. The minimum absolute atomic E-state index is 0. The van der Waals surface area contributed by atoms with Crippen LogP contribution in [0.25, 0.3) is 10.8 Å². The van der Waals surface area contributed by atoms with Crippen molar-refractivity contribution in [1.29, 1.82) is 0 Å². The maximum Gasteiger partial charge on any atom is 0.250 e. The Labute approximate surface area is 136 Å². The van der Waals surface area contributed by atoms with Crippen LogP contribution in [0.3, 0.4) is 0 Å². The summed E-state index contributed by atoms with van der Waals surface area (Å²) in [6.45, 7) is 2.65. The molecule has 0 spiro atoms. The predicted octanol–water partition coefficient (Wildman–Crippen LogP) is 1.91. The second kappa shape index (κ2) is 8.13. The van der Waals surface area contributed by atoms with Gasteiger partial charge in [0.05, 0.1) is 6.61 Å². The molecular weight excluding hydrogens is 300 g/mol. The van der Waals surface area contributed by atoms with E-state index in [1.54, 1.807) is 0 Å². The molecule has 118 valence electrons. The summed E-state index contributed by atoms with van der Waals surface area (Å²) in [5.41, 5.74) is 1.26. The van der Waals surface area contributed by atoms with Crippen LogP contribution in [0.5, 0.6) is 0 Å². The largest absolute Gasteiger partial charge is 0.366 e. The van der Waals surface area contributed by atoms with Gasteiger partial charge in [0.25, 0.3) is 0 Å². The minimum atomic E-state index is -0.355. The lowest BCUT2D eigenvalue weighted by molar-refractivity contribution is -0.134. The molecule has 1 aliphatic heterocycles. The second-order valence-corrected chi connectivity index (χ2v) is 5.24. The Hall–Kier alpha value is -1.62. The quantitative estimate of drug-likeness (QED) is 0.905. The molecule has 1 unspecified atom stereocenters. The summed E-state index contributed by atoms with van der Waals surface area (Å²) in [5.74, 6) is -0.0255. The second-order valence-electron chi connectivity index (χ2n) is 5.24. The zero-order valence-electron chi connectivity index (χ0n) is 12.4. The minimum Gasteiger partial charge on any atom is -0.366 e. The topological polar surface area (TPSA) is 50.4 Å². The Morgan fingerprint density at radius 1 is 1.23 bits per heavy atom. The van der Waals surface area contributed by atoms with Crippen LogP contribution in [0.15, 0.2) is 42.5 Å². The van der Waals surface area contributed by atoms with Gasteiger partial charge in [-0.05, 0) is 22.8 Å². The normalized spacial score (nSPS) is 17.7. The number of ether oxygens (including phenoxy) is 1. The third-order valence-electron chi connectivity index (χ3n) is 3.79. The first-order valence-electron chi connectivity index (χ1n) is 7.41. The number of nitrogens with one attached hydrogen (secondary N) is 2. The third kappa shape index (κ3) is 3.97. The zero-order chi connectivity index (χ0) is 14.5. The molecule has 1 heterocycles. The van der Waals surface area contributed by atoms with Gasteiger partial charge in [0.1, 0.15) is 6.10 Å². The van der Waals surface area contributed by atoms with E-state index in [9.17, 15) is 4.79 Å². The first kappa shape index (κ1) is 16.7. The van der Waals surface area contributed by atoms with E-state index in [4.69, 9.17) is 4.74 Å². The molecule has 1 atom stereocenters. The summed E-state index contributed by atoms with van der Waals surface area (Å²) in [7, 11) is 0. The number of carbonyl (C=O) groups is 1. The number of benzene rings is 2. The lowest BCUT2D eigenvalue weighted by atomic mass is 10.0. The Balaban J connectivity index is 0.00000176. The van der Waals surface area contributed by atoms with E-state index < -0.39 is 0 Å². The van der Waals surface area contributed by atoms with E-state index >= 15 is 0 Å². The van der Waals surface area contributed by atoms with Crippen molar-refractivity contribution in [2.45, 2.75) is 12.5 Å². The number of halogens is 1. The maximum absolute atomic E-state index is 12.0. The summed E-state index contributed by atoms with van der Waals surface area (Å²) in [6.07, 6.45) is 0.471. The summed E-state index contributed by atoms with van der Waals surface area (Å²) in [4.78, 5) is 12.0. The van der Waals surface area contributed by atoms with Gasteiger partial charge in [-0.15, -0.1) is 12.4 Å². The van der Waals surface area contributed by atoms with Crippen LogP contribution in [0.2, 0.25) is 0 Å². The predicted molar refractivity (Wildman–Crippen MR) is 90.5 cm³/mol. The molecule has 0 saturated carbocycles. The molecular formula is C17H21ClN2O2. The highest BCUT2D eigenvalue weighted by Gasteiger charge is 2.20. The van der Waals surface area contributed by atoms with Crippen molar-refractivity contribution < 1.29 is 9.53 Å². The summed E-state index contributed by atoms with van der Waals surface area (Å²) >= 11 is 0. The van der Waals surface area contributed by atoms with E-state index in [-0.39, 0.29) is 24.4 Å². The summed E-state index contributed by atoms with van der Waals surface area (Å²) < 4.78 is 5.44. The Kier molecular flexibility index (Phi) is 6.19. The van der Waals surface area contributed by atoms with Crippen LogP contribution in [0.1, 0.15) is 5.56 Å². The smallest absolute Gasteiger partial charge is 0.250 e. The van der Waals surface area contributed by atoms with Gasteiger partial charge < -0.3 is 15.4 Å². The molecule has 1 amide bonds. The number of hydrogen-bond donors (Lipinski definition) is 2. The van der Waals surface area contributed by atoms with Gasteiger partial charge >= 0.3 is 0 Å². The van der Waals surface area contributed by atoms with E-state index in [1.165, 1.54) is 16.3 Å². The molecule has 0 bridgehead atoms. The van der Waals surface area contributed by atoms with Crippen molar-refractivity contribution in [2.75, 3.05) is 26.2 Å². The molecule has 2 aromatic carbocycles. The molecule has 0 radical (unpaired) electrons. The molecule has 4 nitrogen and oxygen atoms in total. The van der Waals surface area contributed by atoms with E-state index in [0.717, 1.165) is 13.0 Å². The number of morpholine rings is 1. The molecule has 5 heteroatoms. The van der Waals surface area contributed by atoms with E-state index in [1.807, 2.05) is 12.1 Å². The van der Waals surface area contributed by atoms with E-state index in [0.29, 0.717) is 19.7 Å². The fourth-order valence-electron chi connectivity index (χ4n) is 2.68. The summed E-state index contributed by atoms with van der Waals surface area (Å²) in [5, 5.41) is 8.62. The van der Waals surface area contributed by atoms with Crippen LogP contribution in [0.4, 0.5) is 0 Å². The number of hydrogen-bond acceptors (Lipinski definition) is 3. The molecule has 2 aromatic rings. The lowest BCUT2D eigenvalue weighted by Gasteiger charge is -2.22. The third-order valence-corrected chi connectivity index (χ3v) is 3.79. The first-order valence-corrected chi connectivity index (χ1v) is 7.41. The number of carbonyl (C=O) groups excluding carboxylic acids is 1. The molecule has 0 aliphatic carbocycles. The number of amides is 1. The average molecular weight is 321 g/mol. The van der Waals surface area contributed by atoms with Crippen molar-refractivity contribution in [3.05, 3.63) is 48.0 Å². The van der Waals surface area contributed by atoms with Crippen molar-refractivity contribution in [1.82, 2.24) is 10.6 Å². The van der Waals surface area contributed by atoms with Crippen LogP contribution < -0.4 is 10.6 Å². The lowest BCUT2D eigenvalue weighted by Crippen LogP contribution is -2.48. The molecule has 2 N–H and O–H groups in total. The summed E-state index contributed by atoms with van der Waals surface area (Å²) in [6, 6.07) is 14.6. The first-order chi connectivity index (χ1) is 10.3. The van der Waals surface area contributed by atoms with Gasteiger partial charge in [0.15, 0.2) is 0 Å². The monoisotopic (exact) mass is 320 g/mol. The Bertz CT molecular complexity index is 622. The molecule has 22 heavy (non-hydrogen) atoms. The fourth-order valence-corrected chi connectivity index (χ4v) is 2.68. The highest BCUT2D eigenvalue weighted by Crippen LogP contribution is 2.18. The van der Waals surface area contributed by atoms with Crippen LogP contribution >= 0.6 is 12.4 Å². The maximum atomic E-state index is 12.0. The standard InChI is InChI=1S/C17H20N2O2.ClH/c20-17(16-12-18-10-11-21-16)19-9-8-14-6-3-5-13-4-1-2-7-15(13)14;/h1-7,16,18H,8-12H2,(H,19,20);1H. The van der Waals surface area contributed by atoms with Gasteiger partial charge in [-0.2, -0.15) is 0 Å². The van der Waals surface area contributed by atoms with Crippen LogP contribution in [-0.2, 0) is 16.0 Å². The number of fused-ring (bicyclic) bond motifs is 1. The Morgan fingerprint density at radius 2 is 2.05 bits per heavy atom. The van der Waals surface area contributed by atoms with Crippen LogP contribution in [-0.4, -0.2) is 38.3 Å². The van der Waals surface area contributed by atoms with Gasteiger partial charge in [-0.25, -0.2) is 0 Å². The van der Waals surface area contributed by atoms with Gasteiger partial charge in [0.2, 0.25) is 5.91 Å². The van der Waals surface area contributed by atoms with Crippen molar-refractivity contribution in [3.63, 3.8) is 0 Å². The Morgan fingerprint density at radius 3 is 2.86 bits per heavy atom. The van der Waals surface area contributed by atoms with Crippen molar-refractivity contribution >= 4 is 29.1 Å². The molecule has 1 saturated heterocycles. The molecule has 1 fully saturated rings. The van der Waals surface area contributed by atoms with Crippen LogP contribution in [0, 0.1) is 0 Å². The van der Waals surface area contributed by atoms with Gasteiger partial charge in [0, 0.05) is 19.6 Å².